The van der Waals surface area contributed by atoms with E-state index in [0.717, 1.165) is 0 Å². The van der Waals surface area contributed by atoms with Crippen LogP contribution < -0.4 is 21.7 Å². The van der Waals surface area contributed by atoms with Crippen LogP contribution in [0.3, 0.4) is 0 Å². The Bertz CT molecular complexity index is 651. The van der Waals surface area contributed by atoms with E-state index >= 15 is 0 Å². The SMILES string of the molecule is CC(C)C[C@@H](C(N)=O)N(C(=O)[C@H](CCCN)N[C@H](C)C(=O)O)c1ccccc1. The van der Waals surface area contributed by atoms with Crippen LogP contribution in [0.25, 0.3) is 0 Å². The molecule has 0 saturated heterocycles. The number of nitrogens with two attached hydrogens (primary N) is 2. The van der Waals surface area contributed by atoms with Crippen molar-refractivity contribution in [2.45, 2.75) is 58.2 Å². The second-order valence-electron chi connectivity index (χ2n) is 7.30. The molecule has 0 heterocycles. The summed E-state index contributed by atoms with van der Waals surface area (Å²) in [6.07, 6.45) is 1.28. The van der Waals surface area contributed by atoms with Gasteiger partial charge in [0.15, 0.2) is 0 Å². The molecular weight excluding hydrogens is 360 g/mol. The first-order chi connectivity index (χ1) is 13.2. The van der Waals surface area contributed by atoms with Crippen molar-refractivity contribution in [3.8, 4) is 0 Å². The smallest absolute Gasteiger partial charge is 0.320 e. The van der Waals surface area contributed by atoms with Gasteiger partial charge in [0.25, 0.3) is 0 Å². The van der Waals surface area contributed by atoms with Crippen molar-refractivity contribution in [2.24, 2.45) is 17.4 Å². The van der Waals surface area contributed by atoms with Crippen LogP contribution in [-0.2, 0) is 14.4 Å². The zero-order chi connectivity index (χ0) is 21.3. The molecule has 0 aliphatic heterocycles. The van der Waals surface area contributed by atoms with Crippen LogP contribution in [0, 0.1) is 5.92 Å². The molecule has 0 aromatic heterocycles. The average molecular weight is 393 g/mol. The summed E-state index contributed by atoms with van der Waals surface area (Å²) < 4.78 is 0. The van der Waals surface area contributed by atoms with Gasteiger partial charge in [-0.25, -0.2) is 0 Å². The van der Waals surface area contributed by atoms with E-state index in [2.05, 4.69) is 5.32 Å². The van der Waals surface area contributed by atoms with Gasteiger partial charge in [0.05, 0.1) is 6.04 Å². The molecule has 1 rings (SSSR count). The summed E-state index contributed by atoms with van der Waals surface area (Å²) in [5.74, 6) is -1.93. The Morgan fingerprint density at radius 2 is 1.75 bits per heavy atom. The van der Waals surface area contributed by atoms with Gasteiger partial charge in [-0.3, -0.25) is 24.6 Å². The molecule has 8 heteroatoms. The molecule has 0 bridgehead atoms. The Morgan fingerprint density at radius 1 is 1.14 bits per heavy atom. The lowest BCUT2D eigenvalue weighted by Crippen LogP contribution is -2.57. The average Bonchev–Trinajstić information content (AvgIpc) is 2.64. The third-order valence-electron chi connectivity index (χ3n) is 4.42. The molecule has 1 aromatic rings. The van der Waals surface area contributed by atoms with Crippen LogP contribution >= 0.6 is 0 Å². The van der Waals surface area contributed by atoms with Crippen LogP contribution in [0.5, 0.6) is 0 Å². The number of carboxylic acid groups (broad SMARTS) is 1. The number of rotatable bonds is 12. The number of aliphatic carboxylic acids is 1. The molecule has 0 fully saturated rings. The highest BCUT2D eigenvalue weighted by Crippen LogP contribution is 2.23. The van der Waals surface area contributed by atoms with Crippen LogP contribution in [0.4, 0.5) is 5.69 Å². The number of carbonyl (C=O) groups is 3. The van der Waals surface area contributed by atoms with Crippen LogP contribution in [0.2, 0.25) is 0 Å². The molecule has 6 N–H and O–H groups in total. The van der Waals surface area contributed by atoms with Crippen LogP contribution in [0.1, 0.15) is 40.0 Å². The van der Waals surface area contributed by atoms with Gasteiger partial charge in [0, 0.05) is 5.69 Å². The van der Waals surface area contributed by atoms with E-state index in [4.69, 9.17) is 11.5 Å². The summed E-state index contributed by atoms with van der Waals surface area (Å²) in [6, 6.07) is 6.24. The van der Waals surface area contributed by atoms with E-state index < -0.39 is 35.9 Å². The summed E-state index contributed by atoms with van der Waals surface area (Å²) in [7, 11) is 0. The molecule has 8 nitrogen and oxygen atoms in total. The first kappa shape index (κ1) is 23.6. The minimum atomic E-state index is -1.06. The topological polar surface area (TPSA) is 139 Å². The van der Waals surface area contributed by atoms with Crippen molar-refractivity contribution in [1.82, 2.24) is 5.32 Å². The number of carboxylic acids is 1. The molecule has 0 aliphatic rings. The maximum absolute atomic E-state index is 13.5. The van der Waals surface area contributed by atoms with E-state index in [9.17, 15) is 19.5 Å². The van der Waals surface area contributed by atoms with E-state index in [-0.39, 0.29) is 5.92 Å². The summed E-state index contributed by atoms with van der Waals surface area (Å²) in [5, 5.41) is 12.1. The van der Waals surface area contributed by atoms with Crippen molar-refractivity contribution in [2.75, 3.05) is 11.4 Å². The van der Waals surface area contributed by atoms with Gasteiger partial charge in [-0.2, -0.15) is 0 Å². The summed E-state index contributed by atoms with van der Waals surface area (Å²) in [6.45, 7) is 5.72. The quantitative estimate of drug-likeness (QED) is 0.420. The Balaban J connectivity index is 3.32. The second-order valence-corrected chi connectivity index (χ2v) is 7.30. The van der Waals surface area contributed by atoms with Gasteiger partial charge in [-0.1, -0.05) is 32.0 Å². The highest BCUT2D eigenvalue weighted by molar-refractivity contribution is 6.03. The minimum Gasteiger partial charge on any atom is -0.480 e. The largest absolute Gasteiger partial charge is 0.480 e. The summed E-state index contributed by atoms with van der Waals surface area (Å²) in [5.41, 5.74) is 11.8. The molecule has 0 radical (unpaired) electrons. The molecule has 0 saturated carbocycles. The van der Waals surface area contributed by atoms with Gasteiger partial charge in [0.1, 0.15) is 12.1 Å². The number of hydrogen-bond donors (Lipinski definition) is 4. The Morgan fingerprint density at radius 3 is 2.21 bits per heavy atom. The van der Waals surface area contributed by atoms with Gasteiger partial charge >= 0.3 is 5.97 Å². The van der Waals surface area contributed by atoms with Crippen molar-refractivity contribution < 1.29 is 19.5 Å². The van der Waals surface area contributed by atoms with Crippen LogP contribution in [0.15, 0.2) is 30.3 Å². The lowest BCUT2D eigenvalue weighted by Gasteiger charge is -2.34. The number of amides is 2. The predicted molar refractivity (Wildman–Crippen MR) is 109 cm³/mol. The van der Waals surface area contributed by atoms with Gasteiger partial charge in [0.2, 0.25) is 11.8 Å². The minimum absolute atomic E-state index is 0.130. The lowest BCUT2D eigenvalue weighted by atomic mass is 9.99. The molecular formula is C20H32N4O4. The first-order valence-corrected chi connectivity index (χ1v) is 9.55. The zero-order valence-corrected chi connectivity index (χ0v) is 16.8. The van der Waals surface area contributed by atoms with Gasteiger partial charge in [-0.05, 0) is 50.8 Å². The van der Waals surface area contributed by atoms with E-state index in [1.807, 2.05) is 19.9 Å². The van der Waals surface area contributed by atoms with E-state index in [1.165, 1.54) is 11.8 Å². The molecule has 2 amide bonds. The standard InChI is InChI=1S/C20H32N4O4/c1-13(2)12-17(18(22)25)24(15-8-5-4-6-9-15)19(26)16(10-7-11-21)23-14(3)20(27)28/h4-6,8-9,13-14,16-17,23H,7,10-12,21H2,1-3H3,(H2,22,25)(H,27,28)/t14-,16+,17+/m1/s1. The number of benzene rings is 1. The number of hydrogen-bond acceptors (Lipinski definition) is 5. The number of primary amides is 1. The Hall–Kier alpha value is -2.45. The number of nitrogens with zero attached hydrogens (tertiary/aromatic N) is 1. The molecule has 156 valence electrons. The van der Waals surface area contributed by atoms with Crippen molar-refractivity contribution in [3.05, 3.63) is 30.3 Å². The highest BCUT2D eigenvalue weighted by atomic mass is 16.4. The second kappa shape index (κ2) is 11.4. The number of carbonyl (C=O) groups excluding carboxylic acids is 2. The van der Waals surface area contributed by atoms with Crippen molar-refractivity contribution >= 4 is 23.5 Å². The number of anilines is 1. The molecule has 0 unspecified atom stereocenters. The lowest BCUT2D eigenvalue weighted by molar-refractivity contribution is -0.139. The number of para-hydroxylation sites is 1. The normalized spacial score (nSPS) is 14.3. The number of nitrogens with one attached hydrogen (secondary N) is 1. The highest BCUT2D eigenvalue weighted by Gasteiger charge is 2.35. The predicted octanol–water partition coefficient (Wildman–Crippen LogP) is 1.09. The summed E-state index contributed by atoms with van der Waals surface area (Å²) in [4.78, 5) is 38.3. The zero-order valence-electron chi connectivity index (χ0n) is 16.8. The molecule has 28 heavy (non-hydrogen) atoms. The van der Waals surface area contributed by atoms with Crippen molar-refractivity contribution in [1.29, 1.82) is 0 Å². The van der Waals surface area contributed by atoms with E-state index in [1.54, 1.807) is 24.3 Å². The molecule has 0 spiro atoms. The Kier molecular flexibility index (Phi) is 9.61. The fourth-order valence-corrected chi connectivity index (χ4v) is 2.99. The summed E-state index contributed by atoms with van der Waals surface area (Å²) >= 11 is 0. The fourth-order valence-electron chi connectivity index (χ4n) is 2.99. The Labute approximate surface area is 166 Å². The fraction of sp³-hybridized carbons (Fsp3) is 0.550. The molecule has 0 aliphatic carbocycles. The van der Waals surface area contributed by atoms with Gasteiger partial charge in [-0.15, -0.1) is 0 Å². The maximum Gasteiger partial charge on any atom is 0.320 e. The maximum atomic E-state index is 13.5. The van der Waals surface area contributed by atoms with Gasteiger partial charge < -0.3 is 16.6 Å². The van der Waals surface area contributed by atoms with E-state index in [0.29, 0.717) is 31.5 Å². The molecule has 1 aromatic carbocycles. The molecule has 3 atom stereocenters. The third kappa shape index (κ3) is 6.94. The first-order valence-electron chi connectivity index (χ1n) is 9.55. The van der Waals surface area contributed by atoms with Crippen molar-refractivity contribution in [3.63, 3.8) is 0 Å². The monoisotopic (exact) mass is 392 g/mol. The third-order valence-corrected chi connectivity index (χ3v) is 4.42. The van der Waals surface area contributed by atoms with Crippen LogP contribution in [-0.4, -0.2) is 47.6 Å².